The van der Waals surface area contributed by atoms with Gasteiger partial charge in [0.05, 0.1) is 10.8 Å². The molecule has 0 heterocycles. The number of unbranched alkanes of at least 4 members (excludes halogenated alkanes) is 2. The summed E-state index contributed by atoms with van der Waals surface area (Å²) in [4.78, 5) is 50.1. The molecule has 1 aromatic rings. The quantitative estimate of drug-likeness (QED) is 0.378. The van der Waals surface area contributed by atoms with Gasteiger partial charge in [-0.05, 0) is 64.5 Å². The fourth-order valence-corrected chi connectivity index (χ4v) is 4.38. The van der Waals surface area contributed by atoms with Gasteiger partial charge in [-0.15, -0.1) is 0 Å². The zero-order valence-corrected chi connectivity index (χ0v) is 19.6. The lowest BCUT2D eigenvalue weighted by molar-refractivity contribution is -0.140. The third kappa shape index (κ3) is 5.96. The second-order valence-corrected chi connectivity index (χ2v) is 8.77. The lowest BCUT2D eigenvalue weighted by Crippen LogP contribution is -2.39. The molecule has 30 heavy (non-hydrogen) atoms. The van der Waals surface area contributed by atoms with E-state index in [0.29, 0.717) is 25.7 Å². The van der Waals surface area contributed by atoms with Crippen LogP contribution in [0.1, 0.15) is 91.2 Å². The van der Waals surface area contributed by atoms with Crippen molar-refractivity contribution in [2.24, 2.45) is 10.8 Å². The van der Waals surface area contributed by atoms with Gasteiger partial charge in [0.15, 0.2) is 0 Å². The first kappa shape index (κ1) is 25.9. The van der Waals surface area contributed by atoms with Crippen LogP contribution in [0.15, 0.2) is 24.3 Å². The zero-order chi connectivity index (χ0) is 22.9. The Kier molecular flexibility index (Phi) is 9.80. The van der Waals surface area contributed by atoms with Gasteiger partial charge in [0.2, 0.25) is 0 Å². The summed E-state index contributed by atoms with van der Waals surface area (Å²) in [6, 6.07) is 7.69. The van der Waals surface area contributed by atoms with Crippen LogP contribution in [0.3, 0.4) is 0 Å². The average molecular weight is 415 g/mol. The Balaban J connectivity index is 3.30. The molecule has 0 radical (unpaired) electrons. The van der Waals surface area contributed by atoms with Gasteiger partial charge in [0, 0.05) is 0 Å². The van der Waals surface area contributed by atoms with E-state index in [1.165, 1.54) is 27.7 Å². The van der Waals surface area contributed by atoms with Crippen molar-refractivity contribution >= 4 is 23.1 Å². The van der Waals surface area contributed by atoms with E-state index >= 15 is 0 Å². The largest absolute Gasteiger partial charge is 0.299 e. The second-order valence-electron chi connectivity index (χ2n) is 8.77. The Morgan fingerprint density at radius 3 is 1.27 bits per heavy atom. The van der Waals surface area contributed by atoms with E-state index in [-0.39, 0.29) is 23.1 Å². The first-order valence-electron chi connectivity index (χ1n) is 11.2. The lowest BCUT2D eigenvalue weighted by Gasteiger charge is -2.30. The van der Waals surface area contributed by atoms with E-state index in [0.717, 1.165) is 36.8 Å². The summed E-state index contributed by atoms with van der Waals surface area (Å²) in [7, 11) is 0. The van der Waals surface area contributed by atoms with Crippen LogP contribution < -0.4 is 0 Å². The number of benzene rings is 1. The molecule has 0 saturated heterocycles. The summed E-state index contributed by atoms with van der Waals surface area (Å²) in [6.07, 6.45) is 5.25. The number of carbonyl (C=O) groups is 4. The Morgan fingerprint density at radius 2 is 1.00 bits per heavy atom. The first-order valence-corrected chi connectivity index (χ1v) is 11.2. The van der Waals surface area contributed by atoms with E-state index < -0.39 is 10.8 Å². The standard InChI is InChI=1S/C26H38O4/c1-7-9-14-25(19(3)27,20(4)28)17-23-12-11-13-24(16-23)18-26(21(5)29,22(6)30)15-10-8-2/h11-13,16H,7-10,14-15,17-18H2,1-6H3. The fraction of sp³-hybridized carbons (Fsp3) is 0.615. The van der Waals surface area contributed by atoms with Crippen molar-refractivity contribution in [1.29, 1.82) is 0 Å². The van der Waals surface area contributed by atoms with Gasteiger partial charge in [-0.2, -0.15) is 0 Å². The maximum Gasteiger partial charge on any atom is 0.143 e. The minimum Gasteiger partial charge on any atom is -0.299 e. The van der Waals surface area contributed by atoms with E-state index in [9.17, 15) is 19.2 Å². The van der Waals surface area contributed by atoms with Crippen LogP contribution in [0.5, 0.6) is 0 Å². The van der Waals surface area contributed by atoms with Gasteiger partial charge in [-0.25, -0.2) is 0 Å². The molecule has 0 fully saturated rings. The molecule has 166 valence electrons. The van der Waals surface area contributed by atoms with Crippen molar-refractivity contribution in [2.75, 3.05) is 0 Å². The summed E-state index contributed by atoms with van der Waals surface area (Å²) in [5.41, 5.74) is -0.222. The normalized spacial score (nSPS) is 11.9. The van der Waals surface area contributed by atoms with Crippen molar-refractivity contribution in [3.05, 3.63) is 35.4 Å². The molecular weight excluding hydrogens is 376 g/mol. The highest BCUT2D eigenvalue weighted by molar-refractivity contribution is 6.06. The summed E-state index contributed by atoms with van der Waals surface area (Å²) in [5.74, 6) is -0.394. The highest BCUT2D eigenvalue weighted by Crippen LogP contribution is 2.35. The van der Waals surface area contributed by atoms with Crippen LogP contribution in [0.4, 0.5) is 0 Å². The van der Waals surface area contributed by atoms with Gasteiger partial charge in [-0.3, -0.25) is 19.2 Å². The summed E-state index contributed by atoms with van der Waals surface area (Å²) in [6.45, 7) is 10.1. The van der Waals surface area contributed by atoms with Crippen LogP contribution >= 0.6 is 0 Å². The molecule has 1 rings (SSSR count). The number of rotatable bonds is 14. The van der Waals surface area contributed by atoms with E-state index in [1.807, 2.05) is 38.1 Å². The highest BCUT2D eigenvalue weighted by Gasteiger charge is 2.41. The Morgan fingerprint density at radius 1 is 0.667 bits per heavy atom. The third-order valence-electron chi connectivity index (χ3n) is 6.61. The number of hydrogen-bond donors (Lipinski definition) is 0. The molecule has 0 N–H and O–H groups in total. The topological polar surface area (TPSA) is 68.3 Å². The SMILES string of the molecule is CCCCC(Cc1cccc(CC(CCCC)(C(C)=O)C(C)=O)c1)(C(C)=O)C(C)=O. The number of ketones is 4. The molecule has 0 unspecified atom stereocenters. The monoisotopic (exact) mass is 414 g/mol. The maximum atomic E-state index is 12.5. The highest BCUT2D eigenvalue weighted by atomic mass is 16.2. The number of Topliss-reactive ketones (excluding diaryl/α,β-unsaturated/α-hetero) is 4. The minimum atomic E-state index is -1.00. The molecule has 0 aromatic heterocycles. The van der Waals surface area contributed by atoms with Crippen LogP contribution in [-0.2, 0) is 32.0 Å². The molecule has 4 heteroatoms. The molecule has 0 aliphatic rings. The van der Waals surface area contributed by atoms with Crippen LogP contribution in [0, 0.1) is 10.8 Å². The fourth-order valence-electron chi connectivity index (χ4n) is 4.38. The zero-order valence-electron chi connectivity index (χ0n) is 19.6. The molecule has 0 bridgehead atoms. The molecule has 1 aromatic carbocycles. The van der Waals surface area contributed by atoms with Crippen LogP contribution in [0.2, 0.25) is 0 Å². The molecular formula is C26H38O4. The van der Waals surface area contributed by atoms with E-state index in [2.05, 4.69) is 0 Å². The summed E-state index contributed by atoms with van der Waals surface area (Å²) < 4.78 is 0. The van der Waals surface area contributed by atoms with E-state index in [1.54, 1.807) is 0 Å². The molecule has 0 saturated carbocycles. The van der Waals surface area contributed by atoms with Gasteiger partial charge in [0.25, 0.3) is 0 Å². The Hall–Kier alpha value is -2.10. The second kappa shape index (κ2) is 11.3. The van der Waals surface area contributed by atoms with Gasteiger partial charge in [0.1, 0.15) is 23.1 Å². The third-order valence-corrected chi connectivity index (χ3v) is 6.61. The van der Waals surface area contributed by atoms with Crippen molar-refractivity contribution in [3.8, 4) is 0 Å². The van der Waals surface area contributed by atoms with Gasteiger partial charge in [-0.1, -0.05) is 63.8 Å². The Labute approximate surface area is 181 Å². The predicted octanol–water partition coefficient (Wildman–Crippen LogP) is 5.48. The van der Waals surface area contributed by atoms with Crippen molar-refractivity contribution < 1.29 is 19.2 Å². The number of carbonyl (C=O) groups excluding carboxylic acids is 4. The smallest absolute Gasteiger partial charge is 0.143 e. The average Bonchev–Trinajstić information content (AvgIpc) is 2.67. The first-order chi connectivity index (χ1) is 14.1. The lowest BCUT2D eigenvalue weighted by atomic mass is 9.70. The Bertz CT molecular complexity index is 686. The van der Waals surface area contributed by atoms with Crippen LogP contribution in [0.25, 0.3) is 0 Å². The van der Waals surface area contributed by atoms with Gasteiger partial charge >= 0.3 is 0 Å². The number of hydrogen-bond acceptors (Lipinski definition) is 4. The maximum absolute atomic E-state index is 12.5. The summed E-state index contributed by atoms with van der Waals surface area (Å²) in [5, 5.41) is 0. The molecule has 0 aliphatic heterocycles. The van der Waals surface area contributed by atoms with Crippen molar-refractivity contribution in [2.45, 2.75) is 92.9 Å². The molecule has 0 aliphatic carbocycles. The van der Waals surface area contributed by atoms with Crippen LogP contribution in [-0.4, -0.2) is 23.1 Å². The predicted molar refractivity (Wildman–Crippen MR) is 120 cm³/mol. The minimum absolute atomic E-state index is 0.0985. The summed E-state index contributed by atoms with van der Waals surface area (Å²) >= 11 is 0. The van der Waals surface area contributed by atoms with Gasteiger partial charge < -0.3 is 0 Å². The van der Waals surface area contributed by atoms with Crippen molar-refractivity contribution in [3.63, 3.8) is 0 Å². The molecule has 0 spiro atoms. The van der Waals surface area contributed by atoms with Crippen molar-refractivity contribution in [1.82, 2.24) is 0 Å². The molecule has 0 atom stereocenters. The molecule has 4 nitrogen and oxygen atoms in total. The molecule has 0 amide bonds. The van der Waals surface area contributed by atoms with E-state index in [4.69, 9.17) is 0 Å².